The van der Waals surface area contributed by atoms with E-state index in [-0.39, 0.29) is 0 Å². The van der Waals surface area contributed by atoms with Crippen LogP contribution in [-0.2, 0) is 20.1 Å². The van der Waals surface area contributed by atoms with Crippen molar-refractivity contribution in [3.63, 3.8) is 0 Å². The lowest BCUT2D eigenvalue weighted by molar-refractivity contribution is 0.654. The first-order valence-corrected chi connectivity index (χ1v) is 5.96. The summed E-state index contributed by atoms with van der Waals surface area (Å²) in [4.78, 5) is 10.4. The van der Waals surface area contributed by atoms with Gasteiger partial charge in [0.15, 0.2) is 0 Å². The summed E-state index contributed by atoms with van der Waals surface area (Å²) in [6.07, 6.45) is 5.53. The standard InChI is InChI=1S/C13H19N5/c1-17(2)13-16-10-12(18(13)3)9-15-8-11-4-6-14-7-5-11/h4-7,10,15H,8-9H2,1-3H3. The summed E-state index contributed by atoms with van der Waals surface area (Å²) < 4.78 is 2.10. The monoisotopic (exact) mass is 245 g/mol. The summed E-state index contributed by atoms with van der Waals surface area (Å²) >= 11 is 0. The maximum Gasteiger partial charge on any atom is 0.204 e. The second-order valence-electron chi connectivity index (χ2n) is 4.46. The molecule has 2 rings (SSSR count). The number of hydrogen-bond acceptors (Lipinski definition) is 4. The highest BCUT2D eigenvalue weighted by atomic mass is 15.3. The fourth-order valence-electron chi connectivity index (χ4n) is 1.85. The summed E-state index contributed by atoms with van der Waals surface area (Å²) in [5.41, 5.74) is 2.41. The molecular formula is C13H19N5. The van der Waals surface area contributed by atoms with Gasteiger partial charge in [0, 0.05) is 46.6 Å². The molecular weight excluding hydrogens is 226 g/mol. The van der Waals surface area contributed by atoms with Crippen molar-refractivity contribution in [3.05, 3.63) is 42.0 Å². The summed E-state index contributed by atoms with van der Waals surface area (Å²) in [5, 5.41) is 3.40. The van der Waals surface area contributed by atoms with E-state index in [0.717, 1.165) is 19.0 Å². The second kappa shape index (κ2) is 5.64. The molecule has 0 amide bonds. The van der Waals surface area contributed by atoms with Crippen molar-refractivity contribution in [3.8, 4) is 0 Å². The molecule has 5 nitrogen and oxygen atoms in total. The Bertz CT molecular complexity index is 489. The van der Waals surface area contributed by atoms with E-state index >= 15 is 0 Å². The van der Waals surface area contributed by atoms with Crippen LogP contribution in [0.3, 0.4) is 0 Å². The number of nitrogens with zero attached hydrogens (tertiary/aromatic N) is 4. The Morgan fingerprint density at radius 2 is 1.94 bits per heavy atom. The minimum Gasteiger partial charge on any atom is -0.348 e. The first-order chi connectivity index (χ1) is 8.68. The van der Waals surface area contributed by atoms with Crippen LogP contribution in [0.1, 0.15) is 11.3 Å². The van der Waals surface area contributed by atoms with Crippen LogP contribution < -0.4 is 10.2 Å². The smallest absolute Gasteiger partial charge is 0.204 e. The zero-order valence-electron chi connectivity index (χ0n) is 11.1. The number of hydrogen-bond donors (Lipinski definition) is 1. The third kappa shape index (κ3) is 2.87. The Kier molecular flexibility index (Phi) is 3.94. The van der Waals surface area contributed by atoms with Crippen LogP contribution in [0.15, 0.2) is 30.7 Å². The van der Waals surface area contributed by atoms with Gasteiger partial charge in [-0.05, 0) is 17.7 Å². The van der Waals surface area contributed by atoms with Gasteiger partial charge < -0.3 is 14.8 Å². The van der Waals surface area contributed by atoms with Crippen LogP contribution in [0, 0.1) is 0 Å². The molecule has 2 aromatic heterocycles. The predicted molar refractivity (Wildman–Crippen MR) is 72.3 cm³/mol. The topological polar surface area (TPSA) is 46.0 Å². The van der Waals surface area contributed by atoms with Crippen molar-refractivity contribution in [1.82, 2.24) is 19.9 Å². The predicted octanol–water partition coefficient (Wildman–Crippen LogP) is 1.17. The van der Waals surface area contributed by atoms with Gasteiger partial charge in [-0.25, -0.2) is 4.98 Å². The number of nitrogens with one attached hydrogen (secondary N) is 1. The molecule has 0 aliphatic rings. The molecule has 0 saturated carbocycles. The van der Waals surface area contributed by atoms with Gasteiger partial charge in [-0.2, -0.15) is 0 Å². The van der Waals surface area contributed by atoms with E-state index in [1.54, 1.807) is 0 Å². The highest BCUT2D eigenvalue weighted by Gasteiger charge is 2.07. The van der Waals surface area contributed by atoms with Gasteiger partial charge in [-0.15, -0.1) is 0 Å². The number of aromatic nitrogens is 3. The molecule has 5 heteroatoms. The van der Waals surface area contributed by atoms with Gasteiger partial charge in [0.2, 0.25) is 5.95 Å². The Hall–Kier alpha value is -1.88. The van der Waals surface area contributed by atoms with Crippen LogP contribution in [0.5, 0.6) is 0 Å². The van der Waals surface area contributed by atoms with Crippen molar-refractivity contribution in [2.75, 3.05) is 19.0 Å². The van der Waals surface area contributed by atoms with Crippen molar-refractivity contribution in [2.24, 2.45) is 7.05 Å². The number of rotatable bonds is 5. The third-order valence-electron chi connectivity index (χ3n) is 2.84. The van der Waals surface area contributed by atoms with Crippen molar-refractivity contribution in [1.29, 1.82) is 0 Å². The lowest BCUT2D eigenvalue weighted by Crippen LogP contribution is -2.18. The van der Waals surface area contributed by atoms with E-state index < -0.39 is 0 Å². The minimum atomic E-state index is 0.805. The molecule has 0 fully saturated rings. The largest absolute Gasteiger partial charge is 0.348 e. The quantitative estimate of drug-likeness (QED) is 0.859. The van der Waals surface area contributed by atoms with Gasteiger partial charge in [0.05, 0.1) is 11.9 Å². The lowest BCUT2D eigenvalue weighted by Gasteiger charge is -2.12. The number of pyridine rings is 1. The van der Waals surface area contributed by atoms with E-state index in [1.165, 1.54) is 11.3 Å². The molecule has 0 aliphatic heterocycles. The van der Waals surface area contributed by atoms with E-state index in [9.17, 15) is 0 Å². The van der Waals surface area contributed by atoms with E-state index in [4.69, 9.17) is 0 Å². The van der Waals surface area contributed by atoms with Crippen molar-refractivity contribution < 1.29 is 0 Å². The molecule has 2 heterocycles. The Morgan fingerprint density at radius 3 is 2.56 bits per heavy atom. The molecule has 0 unspecified atom stereocenters. The molecule has 0 saturated heterocycles. The third-order valence-corrected chi connectivity index (χ3v) is 2.84. The highest BCUT2D eigenvalue weighted by Crippen LogP contribution is 2.10. The minimum absolute atomic E-state index is 0.805. The van der Waals surface area contributed by atoms with Crippen molar-refractivity contribution >= 4 is 5.95 Å². The summed E-state index contributed by atoms with van der Waals surface area (Å²) in [6, 6.07) is 4.03. The van der Waals surface area contributed by atoms with Gasteiger partial charge in [0.1, 0.15) is 0 Å². The number of imidazole rings is 1. The van der Waals surface area contributed by atoms with Gasteiger partial charge in [-0.1, -0.05) is 0 Å². The molecule has 0 radical (unpaired) electrons. The van der Waals surface area contributed by atoms with Crippen LogP contribution in [0.2, 0.25) is 0 Å². The first-order valence-electron chi connectivity index (χ1n) is 5.96. The van der Waals surface area contributed by atoms with Gasteiger partial charge in [0.25, 0.3) is 0 Å². The molecule has 2 aromatic rings. The first kappa shape index (κ1) is 12.6. The molecule has 0 bridgehead atoms. The second-order valence-corrected chi connectivity index (χ2v) is 4.46. The number of anilines is 1. The van der Waals surface area contributed by atoms with Gasteiger partial charge >= 0.3 is 0 Å². The lowest BCUT2D eigenvalue weighted by atomic mass is 10.3. The molecule has 1 N–H and O–H groups in total. The normalized spacial score (nSPS) is 10.6. The maximum absolute atomic E-state index is 4.38. The average molecular weight is 245 g/mol. The molecule has 0 spiro atoms. The van der Waals surface area contributed by atoms with E-state index in [0.29, 0.717) is 0 Å². The van der Waals surface area contributed by atoms with Crippen LogP contribution in [0.25, 0.3) is 0 Å². The molecule has 18 heavy (non-hydrogen) atoms. The Balaban J connectivity index is 1.91. The van der Waals surface area contributed by atoms with Crippen LogP contribution in [0.4, 0.5) is 5.95 Å². The fourth-order valence-corrected chi connectivity index (χ4v) is 1.85. The summed E-state index contributed by atoms with van der Waals surface area (Å²) in [7, 11) is 6.03. The SMILES string of the molecule is CN(C)c1ncc(CNCc2ccncc2)n1C. The zero-order chi connectivity index (χ0) is 13.0. The highest BCUT2D eigenvalue weighted by molar-refractivity contribution is 5.30. The maximum atomic E-state index is 4.38. The molecule has 0 aromatic carbocycles. The van der Waals surface area contributed by atoms with Gasteiger partial charge in [-0.3, -0.25) is 4.98 Å². The van der Waals surface area contributed by atoms with Crippen LogP contribution >= 0.6 is 0 Å². The summed E-state index contributed by atoms with van der Waals surface area (Å²) in [5.74, 6) is 0.968. The molecule has 0 atom stereocenters. The zero-order valence-corrected chi connectivity index (χ0v) is 11.1. The molecule has 0 aliphatic carbocycles. The van der Waals surface area contributed by atoms with E-state index in [2.05, 4.69) is 19.9 Å². The Labute approximate surface area is 107 Å². The fraction of sp³-hybridized carbons (Fsp3) is 0.385. The Morgan fingerprint density at radius 1 is 1.22 bits per heavy atom. The molecule has 96 valence electrons. The van der Waals surface area contributed by atoms with Crippen molar-refractivity contribution in [2.45, 2.75) is 13.1 Å². The van der Waals surface area contributed by atoms with Crippen LogP contribution in [-0.4, -0.2) is 28.6 Å². The average Bonchev–Trinajstić information content (AvgIpc) is 2.73. The van der Waals surface area contributed by atoms with E-state index in [1.807, 2.05) is 56.8 Å². The summed E-state index contributed by atoms with van der Waals surface area (Å²) in [6.45, 7) is 1.64.